The summed E-state index contributed by atoms with van der Waals surface area (Å²) < 4.78 is 5.16. The van der Waals surface area contributed by atoms with Crippen molar-refractivity contribution < 1.29 is 9.53 Å². The van der Waals surface area contributed by atoms with Crippen molar-refractivity contribution in [1.29, 1.82) is 0 Å². The van der Waals surface area contributed by atoms with Gasteiger partial charge in [0.15, 0.2) is 5.54 Å². The van der Waals surface area contributed by atoms with Crippen LogP contribution < -0.4 is 4.90 Å². The van der Waals surface area contributed by atoms with Gasteiger partial charge in [-0.05, 0) is 25.5 Å². The average molecular weight is 231 g/mol. The van der Waals surface area contributed by atoms with Crippen LogP contribution in [-0.4, -0.2) is 25.2 Å². The number of hydrogen-bond acceptors (Lipinski definition) is 3. The van der Waals surface area contributed by atoms with Crippen molar-refractivity contribution in [3.8, 4) is 0 Å². The molecule has 1 aliphatic rings. The van der Waals surface area contributed by atoms with Crippen molar-refractivity contribution in [2.75, 3.05) is 18.6 Å². The van der Waals surface area contributed by atoms with E-state index in [-0.39, 0.29) is 5.97 Å². The number of carbonyl (C=O) groups excluding carboxylic acids is 1. The molecule has 17 heavy (non-hydrogen) atoms. The molecule has 3 heteroatoms. The fourth-order valence-electron chi connectivity index (χ4n) is 2.26. The van der Waals surface area contributed by atoms with Crippen LogP contribution in [-0.2, 0) is 9.53 Å². The minimum atomic E-state index is -0.792. The molecule has 90 valence electrons. The maximum absolute atomic E-state index is 12.1. The number of anilines is 1. The fourth-order valence-corrected chi connectivity index (χ4v) is 2.26. The molecule has 1 aromatic carbocycles. The van der Waals surface area contributed by atoms with Crippen molar-refractivity contribution in [3.05, 3.63) is 36.4 Å². The molecule has 0 radical (unpaired) electrons. The van der Waals surface area contributed by atoms with Gasteiger partial charge in [-0.1, -0.05) is 24.8 Å². The van der Waals surface area contributed by atoms with Crippen molar-refractivity contribution in [2.24, 2.45) is 0 Å². The Balaban J connectivity index is 2.48. The second-order valence-corrected chi connectivity index (χ2v) is 4.35. The third kappa shape index (κ3) is 1.46. The molecule has 1 aliphatic heterocycles. The summed E-state index contributed by atoms with van der Waals surface area (Å²) in [5, 5.41) is 0. The van der Waals surface area contributed by atoms with Crippen LogP contribution in [0.1, 0.15) is 19.4 Å². The van der Waals surface area contributed by atoms with E-state index in [4.69, 9.17) is 4.74 Å². The highest BCUT2D eigenvalue weighted by atomic mass is 16.5. The SMILES string of the molecule is C=C1c2ccccc2N(C)C1(C)C(=O)OCC. The van der Waals surface area contributed by atoms with Gasteiger partial charge in [0.05, 0.1) is 6.61 Å². The predicted molar refractivity (Wildman–Crippen MR) is 68.9 cm³/mol. The standard InChI is InChI=1S/C14H17NO2/c1-5-17-13(16)14(3)10(2)11-8-6-7-9-12(11)15(14)4/h6-9H,2,5H2,1,3-4H3. The van der Waals surface area contributed by atoms with E-state index in [0.717, 1.165) is 16.8 Å². The first-order valence-electron chi connectivity index (χ1n) is 5.73. The van der Waals surface area contributed by atoms with Crippen LogP contribution >= 0.6 is 0 Å². The smallest absolute Gasteiger partial charge is 0.336 e. The molecule has 3 nitrogen and oxygen atoms in total. The summed E-state index contributed by atoms with van der Waals surface area (Å²) in [7, 11) is 1.90. The average Bonchev–Trinajstić information content (AvgIpc) is 2.54. The van der Waals surface area contributed by atoms with Gasteiger partial charge in [-0.15, -0.1) is 0 Å². The third-order valence-electron chi connectivity index (χ3n) is 3.52. The van der Waals surface area contributed by atoms with Crippen LogP contribution in [0.3, 0.4) is 0 Å². The lowest BCUT2D eigenvalue weighted by atomic mass is 9.91. The van der Waals surface area contributed by atoms with Crippen molar-refractivity contribution in [3.63, 3.8) is 0 Å². The van der Waals surface area contributed by atoms with E-state index in [1.165, 1.54) is 0 Å². The molecule has 0 saturated carbocycles. The molecular weight excluding hydrogens is 214 g/mol. The molecule has 0 amide bonds. The van der Waals surface area contributed by atoms with Gasteiger partial charge < -0.3 is 9.64 Å². The Morgan fingerprint density at radius 3 is 2.71 bits per heavy atom. The summed E-state index contributed by atoms with van der Waals surface area (Å²) >= 11 is 0. The molecule has 1 unspecified atom stereocenters. The Kier molecular flexibility index (Phi) is 2.69. The number of para-hydroxylation sites is 1. The van der Waals surface area contributed by atoms with E-state index >= 15 is 0 Å². The normalized spacial score (nSPS) is 22.5. The highest BCUT2D eigenvalue weighted by Gasteiger charge is 2.48. The van der Waals surface area contributed by atoms with Crippen LogP contribution in [0.25, 0.3) is 5.57 Å². The quantitative estimate of drug-likeness (QED) is 0.732. The topological polar surface area (TPSA) is 29.5 Å². The van der Waals surface area contributed by atoms with E-state index in [1.807, 2.05) is 50.1 Å². The predicted octanol–water partition coefficient (Wildman–Crippen LogP) is 2.47. The van der Waals surface area contributed by atoms with Crippen LogP contribution in [0.15, 0.2) is 30.8 Å². The molecule has 0 bridgehead atoms. The van der Waals surface area contributed by atoms with E-state index in [0.29, 0.717) is 6.61 Å². The van der Waals surface area contributed by atoms with E-state index in [9.17, 15) is 4.79 Å². The van der Waals surface area contributed by atoms with Gasteiger partial charge in [-0.3, -0.25) is 0 Å². The first kappa shape index (κ1) is 11.7. The number of hydrogen-bond donors (Lipinski definition) is 0. The molecule has 2 rings (SSSR count). The molecule has 0 aliphatic carbocycles. The first-order valence-corrected chi connectivity index (χ1v) is 5.73. The highest BCUT2D eigenvalue weighted by molar-refractivity contribution is 6.06. The van der Waals surface area contributed by atoms with E-state index < -0.39 is 5.54 Å². The zero-order valence-corrected chi connectivity index (χ0v) is 10.5. The number of benzene rings is 1. The lowest BCUT2D eigenvalue weighted by molar-refractivity contribution is -0.146. The highest BCUT2D eigenvalue weighted by Crippen LogP contribution is 2.45. The van der Waals surface area contributed by atoms with E-state index in [2.05, 4.69) is 6.58 Å². The van der Waals surface area contributed by atoms with Crippen molar-refractivity contribution in [1.82, 2.24) is 0 Å². The summed E-state index contributed by atoms with van der Waals surface area (Å²) in [6.07, 6.45) is 0. The second-order valence-electron chi connectivity index (χ2n) is 4.35. The summed E-state index contributed by atoms with van der Waals surface area (Å²) in [6.45, 7) is 8.11. The molecular formula is C14H17NO2. The summed E-state index contributed by atoms with van der Waals surface area (Å²) in [4.78, 5) is 14.1. The Morgan fingerprint density at radius 2 is 2.12 bits per heavy atom. The van der Waals surface area contributed by atoms with Crippen LogP contribution in [0.5, 0.6) is 0 Å². The third-order valence-corrected chi connectivity index (χ3v) is 3.52. The van der Waals surface area contributed by atoms with Gasteiger partial charge in [0.1, 0.15) is 0 Å². The molecule has 0 aromatic heterocycles. The largest absolute Gasteiger partial charge is 0.464 e. The maximum atomic E-state index is 12.1. The Morgan fingerprint density at radius 1 is 1.47 bits per heavy atom. The lowest BCUT2D eigenvalue weighted by Gasteiger charge is -2.32. The molecule has 1 atom stereocenters. The van der Waals surface area contributed by atoms with Crippen LogP contribution in [0.4, 0.5) is 5.69 Å². The molecule has 0 spiro atoms. The Bertz CT molecular complexity index is 481. The number of carbonyl (C=O) groups is 1. The number of likely N-dealkylation sites (N-methyl/N-ethyl adjacent to an activating group) is 1. The van der Waals surface area contributed by atoms with Crippen LogP contribution in [0, 0.1) is 0 Å². The zero-order valence-electron chi connectivity index (χ0n) is 10.5. The lowest BCUT2D eigenvalue weighted by Crippen LogP contribution is -2.48. The minimum Gasteiger partial charge on any atom is -0.464 e. The van der Waals surface area contributed by atoms with E-state index in [1.54, 1.807) is 0 Å². The molecule has 0 saturated heterocycles. The Labute approximate surface area is 102 Å². The van der Waals surface area contributed by atoms with Gasteiger partial charge in [0, 0.05) is 18.3 Å². The number of ether oxygens (including phenoxy) is 1. The minimum absolute atomic E-state index is 0.247. The zero-order chi connectivity index (χ0) is 12.6. The molecule has 1 heterocycles. The van der Waals surface area contributed by atoms with Gasteiger partial charge in [-0.25, -0.2) is 4.79 Å². The second kappa shape index (κ2) is 3.91. The Hall–Kier alpha value is -1.77. The first-order chi connectivity index (χ1) is 8.03. The van der Waals surface area contributed by atoms with Crippen molar-refractivity contribution >= 4 is 17.2 Å². The summed E-state index contributed by atoms with van der Waals surface area (Å²) in [5.74, 6) is -0.247. The molecule has 1 aromatic rings. The van der Waals surface area contributed by atoms with Gasteiger partial charge in [0.2, 0.25) is 0 Å². The molecule has 0 fully saturated rings. The van der Waals surface area contributed by atoms with Gasteiger partial charge in [-0.2, -0.15) is 0 Å². The number of nitrogens with zero attached hydrogens (tertiary/aromatic N) is 1. The number of esters is 1. The summed E-state index contributed by atoms with van der Waals surface area (Å²) in [5.41, 5.74) is 2.05. The number of rotatable bonds is 2. The van der Waals surface area contributed by atoms with Gasteiger partial charge in [0.25, 0.3) is 0 Å². The monoisotopic (exact) mass is 231 g/mol. The fraction of sp³-hybridized carbons (Fsp3) is 0.357. The maximum Gasteiger partial charge on any atom is 0.336 e. The molecule has 0 N–H and O–H groups in total. The van der Waals surface area contributed by atoms with Crippen molar-refractivity contribution in [2.45, 2.75) is 19.4 Å². The number of fused-ring (bicyclic) bond motifs is 1. The van der Waals surface area contributed by atoms with Crippen LogP contribution in [0.2, 0.25) is 0 Å². The summed E-state index contributed by atoms with van der Waals surface area (Å²) in [6, 6.07) is 7.89. The van der Waals surface area contributed by atoms with Gasteiger partial charge >= 0.3 is 5.97 Å².